The third-order valence-electron chi connectivity index (χ3n) is 4.27. The molecule has 2 heterocycles. The first kappa shape index (κ1) is 14.3. The number of hydrogen-bond donors (Lipinski definition) is 1. The molecule has 0 bridgehead atoms. The summed E-state index contributed by atoms with van der Waals surface area (Å²) in [5, 5.41) is 0. The van der Waals surface area contributed by atoms with Crippen LogP contribution < -0.4 is 5.73 Å². The Morgan fingerprint density at radius 3 is 2.89 bits per heavy atom. The van der Waals surface area contributed by atoms with Crippen molar-refractivity contribution in [3.05, 3.63) is 0 Å². The summed E-state index contributed by atoms with van der Waals surface area (Å²) in [5.74, 6) is 0.258. The highest BCUT2D eigenvalue weighted by atomic mass is 16.2. The minimum absolute atomic E-state index is 0.115. The van der Waals surface area contributed by atoms with Crippen molar-refractivity contribution in [2.24, 2.45) is 5.73 Å². The molecule has 0 radical (unpaired) electrons. The van der Waals surface area contributed by atoms with E-state index in [-0.39, 0.29) is 30.4 Å². The van der Waals surface area contributed by atoms with Crippen LogP contribution in [0.1, 0.15) is 45.4 Å². The molecule has 2 aliphatic rings. The van der Waals surface area contributed by atoms with Crippen molar-refractivity contribution in [3.8, 4) is 0 Å². The van der Waals surface area contributed by atoms with Gasteiger partial charge in [0.15, 0.2) is 0 Å². The van der Waals surface area contributed by atoms with Gasteiger partial charge in [-0.1, -0.05) is 6.92 Å². The molecule has 2 saturated heterocycles. The molecule has 0 saturated carbocycles. The van der Waals surface area contributed by atoms with Gasteiger partial charge in [-0.3, -0.25) is 9.59 Å². The fourth-order valence-electron chi connectivity index (χ4n) is 2.97. The van der Waals surface area contributed by atoms with E-state index in [0.717, 1.165) is 45.1 Å². The fourth-order valence-corrected chi connectivity index (χ4v) is 2.97. The van der Waals surface area contributed by atoms with E-state index in [1.807, 2.05) is 0 Å². The Bertz CT molecular complexity index is 346. The molecule has 0 spiro atoms. The maximum Gasteiger partial charge on any atom is 0.245 e. The topological polar surface area (TPSA) is 66.6 Å². The van der Waals surface area contributed by atoms with Gasteiger partial charge in [-0.05, 0) is 38.5 Å². The van der Waals surface area contributed by atoms with Crippen LogP contribution in [0, 0.1) is 0 Å². The Balaban J connectivity index is 1.88. The highest BCUT2D eigenvalue weighted by Crippen LogP contribution is 2.23. The Kier molecular flexibility index (Phi) is 4.80. The minimum atomic E-state index is -0.185. The average Bonchev–Trinajstić information content (AvgIpc) is 2.44. The summed E-state index contributed by atoms with van der Waals surface area (Å²) in [4.78, 5) is 27.9. The molecule has 19 heavy (non-hydrogen) atoms. The van der Waals surface area contributed by atoms with Gasteiger partial charge in [-0.15, -0.1) is 0 Å². The second-order valence-electron chi connectivity index (χ2n) is 5.67. The first-order chi connectivity index (χ1) is 9.13. The molecule has 2 aliphatic heterocycles. The lowest BCUT2D eigenvalue weighted by molar-refractivity contribution is -0.157. The molecule has 5 heteroatoms. The number of piperidine rings is 1. The molecule has 2 unspecified atom stereocenters. The number of piperazine rings is 1. The van der Waals surface area contributed by atoms with Crippen molar-refractivity contribution in [2.45, 2.75) is 57.5 Å². The summed E-state index contributed by atoms with van der Waals surface area (Å²) in [5.41, 5.74) is 5.88. The van der Waals surface area contributed by atoms with Gasteiger partial charge >= 0.3 is 0 Å². The van der Waals surface area contributed by atoms with E-state index in [9.17, 15) is 9.59 Å². The van der Waals surface area contributed by atoms with Crippen molar-refractivity contribution in [3.63, 3.8) is 0 Å². The van der Waals surface area contributed by atoms with Gasteiger partial charge in [0.2, 0.25) is 11.8 Å². The van der Waals surface area contributed by atoms with Gasteiger partial charge in [0.25, 0.3) is 0 Å². The zero-order valence-electron chi connectivity index (χ0n) is 11.8. The van der Waals surface area contributed by atoms with Crippen LogP contribution in [0.2, 0.25) is 0 Å². The smallest absolute Gasteiger partial charge is 0.245 e. The number of carbonyl (C=O) groups is 2. The van der Waals surface area contributed by atoms with Gasteiger partial charge in [-0.25, -0.2) is 0 Å². The Morgan fingerprint density at radius 2 is 2.16 bits per heavy atom. The van der Waals surface area contributed by atoms with Crippen LogP contribution in [0.15, 0.2) is 0 Å². The first-order valence-corrected chi connectivity index (χ1v) is 7.47. The third-order valence-corrected chi connectivity index (χ3v) is 4.27. The number of amides is 2. The molecule has 5 nitrogen and oxygen atoms in total. The van der Waals surface area contributed by atoms with Crippen LogP contribution in [0.3, 0.4) is 0 Å². The Morgan fingerprint density at radius 1 is 1.37 bits per heavy atom. The fraction of sp³-hybridized carbons (Fsp3) is 0.857. The molecule has 0 aromatic rings. The molecule has 0 aliphatic carbocycles. The maximum atomic E-state index is 12.4. The van der Waals surface area contributed by atoms with Gasteiger partial charge in [0.1, 0.15) is 6.04 Å². The summed E-state index contributed by atoms with van der Waals surface area (Å²) in [6, 6.07) is 0.0246. The molecule has 2 amide bonds. The minimum Gasteiger partial charge on any atom is -0.332 e. The molecule has 0 aromatic carbocycles. The van der Waals surface area contributed by atoms with Crippen molar-refractivity contribution >= 4 is 11.8 Å². The second-order valence-corrected chi connectivity index (χ2v) is 5.67. The summed E-state index contributed by atoms with van der Waals surface area (Å²) >= 11 is 0. The number of hydrogen-bond acceptors (Lipinski definition) is 3. The maximum absolute atomic E-state index is 12.4. The summed E-state index contributed by atoms with van der Waals surface area (Å²) in [7, 11) is 0. The van der Waals surface area contributed by atoms with Gasteiger partial charge in [0, 0.05) is 19.1 Å². The number of fused-ring (bicyclic) bond motifs is 1. The van der Waals surface area contributed by atoms with Crippen LogP contribution in [0.4, 0.5) is 0 Å². The molecule has 2 N–H and O–H groups in total. The Hall–Kier alpha value is -1.10. The zero-order valence-corrected chi connectivity index (χ0v) is 11.8. The van der Waals surface area contributed by atoms with Crippen molar-refractivity contribution < 1.29 is 9.59 Å². The monoisotopic (exact) mass is 267 g/mol. The van der Waals surface area contributed by atoms with E-state index >= 15 is 0 Å². The van der Waals surface area contributed by atoms with Gasteiger partial charge in [-0.2, -0.15) is 0 Å². The van der Waals surface area contributed by atoms with Crippen molar-refractivity contribution in [1.29, 1.82) is 0 Å². The second kappa shape index (κ2) is 6.37. The lowest BCUT2D eigenvalue weighted by Crippen LogP contribution is -2.61. The molecule has 2 fully saturated rings. The van der Waals surface area contributed by atoms with Crippen LogP contribution in [0.5, 0.6) is 0 Å². The van der Waals surface area contributed by atoms with E-state index in [1.54, 1.807) is 9.80 Å². The molecule has 108 valence electrons. The van der Waals surface area contributed by atoms with Gasteiger partial charge < -0.3 is 15.5 Å². The third kappa shape index (κ3) is 3.26. The van der Waals surface area contributed by atoms with E-state index < -0.39 is 0 Å². The van der Waals surface area contributed by atoms with Crippen LogP contribution in [0.25, 0.3) is 0 Å². The highest BCUT2D eigenvalue weighted by molar-refractivity contribution is 5.95. The standard InChI is InChI=1S/C14H25N3O2/c1-2-11(15)6-5-8-16-10-13(18)17-9-4-3-7-12(17)14(16)19/h11-12H,2-10,15H2,1H3. The van der Waals surface area contributed by atoms with Gasteiger partial charge in [0.05, 0.1) is 6.54 Å². The largest absolute Gasteiger partial charge is 0.332 e. The summed E-state index contributed by atoms with van der Waals surface area (Å²) < 4.78 is 0. The zero-order chi connectivity index (χ0) is 13.8. The lowest BCUT2D eigenvalue weighted by Gasteiger charge is -2.42. The van der Waals surface area contributed by atoms with Crippen LogP contribution >= 0.6 is 0 Å². The predicted molar refractivity (Wildman–Crippen MR) is 73.4 cm³/mol. The summed E-state index contributed by atoms with van der Waals surface area (Å²) in [6.45, 7) is 3.75. The SMILES string of the molecule is CCC(N)CCCN1CC(=O)N2CCCCC2C1=O. The number of carbonyl (C=O) groups excluding carboxylic acids is 2. The van der Waals surface area contributed by atoms with E-state index in [0.29, 0.717) is 6.54 Å². The van der Waals surface area contributed by atoms with E-state index in [2.05, 4.69) is 6.92 Å². The number of nitrogens with two attached hydrogens (primary N) is 1. The number of nitrogens with zero attached hydrogens (tertiary/aromatic N) is 2. The molecular weight excluding hydrogens is 242 g/mol. The Labute approximate surface area is 115 Å². The quantitative estimate of drug-likeness (QED) is 0.798. The van der Waals surface area contributed by atoms with Crippen LogP contribution in [-0.4, -0.2) is 53.3 Å². The van der Waals surface area contributed by atoms with Crippen molar-refractivity contribution in [2.75, 3.05) is 19.6 Å². The van der Waals surface area contributed by atoms with E-state index in [1.165, 1.54) is 0 Å². The van der Waals surface area contributed by atoms with Crippen LogP contribution in [-0.2, 0) is 9.59 Å². The molecule has 2 rings (SSSR count). The molecule has 2 atom stereocenters. The lowest BCUT2D eigenvalue weighted by atomic mass is 9.98. The van der Waals surface area contributed by atoms with Crippen molar-refractivity contribution in [1.82, 2.24) is 9.80 Å². The number of rotatable bonds is 5. The van der Waals surface area contributed by atoms with E-state index in [4.69, 9.17) is 5.73 Å². The average molecular weight is 267 g/mol. The first-order valence-electron chi connectivity index (χ1n) is 7.47. The normalized spacial score (nSPS) is 25.5. The highest BCUT2D eigenvalue weighted by Gasteiger charge is 2.39. The predicted octanol–water partition coefficient (Wildman–Crippen LogP) is 0.727. The molecular formula is C14H25N3O2. The molecule has 0 aromatic heterocycles. The summed E-state index contributed by atoms with van der Waals surface area (Å²) in [6.07, 6.45) is 5.68.